The molecule has 2 aromatic carbocycles. The Kier molecular flexibility index (Phi) is 7.44. The summed E-state index contributed by atoms with van der Waals surface area (Å²) in [5.74, 6) is -1.19. The van der Waals surface area contributed by atoms with Crippen LogP contribution in [0.25, 0.3) is 6.08 Å². The molecule has 0 N–H and O–H groups in total. The molecule has 0 bridgehead atoms. The van der Waals surface area contributed by atoms with Gasteiger partial charge in [0.2, 0.25) is 0 Å². The van der Waals surface area contributed by atoms with E-state index in [1.165, 1.54) is 28.8 Å². The lowest BCUT2D eigenvalue weighted by Crippen LogP contribution is -2.43. The minimum atomic E-state index is -4.43. The number of ether oxygens (including phenoxy) is 1. The molecule has 10 heteroatoms. The molecule has 6 nitrogen and oxygen atoms in total. The highest BCUT2D eigenvalue weighted by molar-refractivity contribution is 8.04. The fraction of sp³-hybridized carbons (Fsp3) is 0.346. The van der Waals surface area contributed by atoms with Crippen LogP contribution in [0.15, 0.2) is 52.3 Å². The summed E-state index contributed by atoms with van der Waals surface area (Å²) < 4.78 is 43.6. The highest BCUT2D eigenvalue weighted by Crippen LogP contribution is 2.42. The van der Waals surface area contributed by atoms with Gasteiger partial charge in [-0.1, -0.05) is 23.9 Å². The Balaban J connectivity index is 1.53. The number of piperidine rings is 1. The Morgan fingerprint density at radius 3 is 2.56 bits per heavy atom. The number of esters is 1. The van der Waals surface area contributed by atoms with Crippen molar-refractivity contribution in [1.29, 1.82) is 0 Å². The molecule has 0 unspecified atom stereocenters. The third kappa shape index (κ3) is 5.43. The number of anilines is 1. The van der Waals surface area contributed by atoms with Gasteiger partial charge in [-0.25, -0.2) is 0 Å². The first-order valence-corrected chi connectivity index (χ1v) is 12.3. The summed E-state index contributed by atoms with van der Waals surface area (Å²) in [4.78, 5) is 42.5. The number of alkyl halides is 3. The molecule has 2 amide bonds. The van der Waals surface area contributed by atoms with Crippen molar-refractivity contribution in [2.45, 2.75) is 30.8 Å². The van der Waals surface area contributed by atoms with E-state index in [1.54, 1.807) is 43.1 Å². The summed E-state index contributed by atoms with van der Waals surface area (Å²) in [5.41, 5.74) is 0.700. The van der Waals surface area contributed by atoms with Gasteiger partial charge in [0, 0.05) is 30.6 Å². The lowest BCUT2D eigenvalue weighted by atomic mass is 9.97. The van der Waals surface area contributed by atoms with Crippen LogP contribution in [0.3, 0.4) is 0 Å². The predicted molar refractivity (Wildman–Crippen MR) is 130 cm³/mol. The van der Waals surface area contributed by atoms with Crippen LogP contribution in [0.2, 0.25) is 0 Å². The maximum Gasteiger partial charge on any atom is 0.416 e. The van der Waals surface area contributed by atoms with Crippen LogP contribution in [0.1, 0.15) is 41.3 Å². The number of likely N-dealkylation sites (N-methyl/N-ethyl adjacent to an activating group) is 1. The van der Waals surface area contributed by atoms with E-state index in [1.807, 2.05) is 0 Å². The second-order valence-electron chi connectivity index (χ2n) is 8.62. The monoisotopic (exact) mass is 518 g/mol. The number of thioether (sulfide) groups is 1. The molecule has 2 aliphatic rings. The van der Waals surface area contributed by atoms with Gasteiger partial charge in [0.15, 0.2) is 0 Å². The fourth-order valence-electron chi connectivity index (χ4n) is 4.24. The topological polar surface area (TPSA) is 66.9 Å². The molecular formula is C26H25F3N2O4S. The molecule has 1 atom stereocenters. The number of hydrogen-bond donors (Lipinski definition) is 0. The summed E-state index contributed by atoms with van der Waals surface area (Å²) in [6.07, 6.45) is -1.50. The largest absolute Gasteiger partial charge is 0.466 e. The molecule has 2 aliphatic heterocycles. The quantitative estimate of drug-likeness (QED) is 0.410. The Hall–Kier alpha value is -3.27. The number of carbonyl (C=O) groups is 3. The summed E-state index contributed by atoms with van der Waals surface area (Å²) in [5, 5.41) is 0. The molecular weight excluding hydrogens is 493 g/mol. The van der Waals surface area contributed by atoms with Gasteiger partial charge >= 0.3 is 12.1 Å². The van der Waals surface area contributed by atoms with Crippen molar-refractivity contribution < 1.29 is 32.3 Å². The van der Waals surface area contributed by atoms with Crippen LogP contribution in [0.5, 0.6) is 0 Å². The van der Waals surface area contributed by atoms with E-state index >= 15 is 0 Å². The average Bonchev–Trinajstić information content (AvgIpc) is 2.86. The van der Waals surface area contributed by atoms with E-state index in [0.717, 1.165) is 17.0 Å². The number of hydrogen-bond acceptors (Lipinski definition) is 5. The number of benzene rings is 2. The van der Waals surface area contributed by atoms with Gasteiger partial charge in [0.05, 0.1) is 28.7 Å². The zero-order valence-corrected chi connectivity index (χ0v) is 20.6. The van der Waals surface area contributed by atoms with E-state index < -0.39 is 11.7 Å². The summed E-state index contributed by atoms with van der Waals surface area (Å²) in [6, 6.07) is 9.70. The molecule has 0 spiro atoms. The van der Waals surface area contributed by atoms with Crippen molar-refractivity contribution in [3.63, 3.8) is 0 Å². The van der Waals surface area contributed by atoms with Gasteiger partial charge in [-0.15, -0.1) is 0 Å². The number of carbonyl (C=O) groups excluding carboxylic acids is 3. The third-order valence-electron chi connectivity index (χ3n) is 6.17. The number of rotatable bonds is 4. The zero-order chi connectivity index (χ0) is 26.0. The number of amides is 2. The first-order valence-electron chi connectivity index (χ1n) is 11.5. The van der Waals surface area contributed by atoms with Crippen molar-refractivity contribution in [3.05, 3.63) is 64.1 Å². The molecule has 1 saturated heterocycles. The Morgan fingerprint density at radius 2 is 1.89 bits per heavy atom. The van der Waals surface area contributed by atoms with E-state index in [-0.39, 0.29) is 30.2 Å². The summed E-state index contributed by atoms with van der Waals surface area (Å²) in [7, 11) is 1.59. The van der Waals surface area contributed by atoms with E-state index in [2.05, 4.69) is 0 Å². The maximum absolute atomic E-state index is 13.2. The van der Waals surface area contributed by atoms with Crippen molar-refractivity contribution in [3.8, 4) is 0 Å². The standard InChI is InChI=1S/C26H25F3N2O4S/c1-3-35-25(34)18-5-4-12-31(15-18)23(32)17-8-11-21-20(14-17)30(2)24(33)22(36-21)13-16-6-9-19(10-7-16)26(27,28)29/h6-11,13-14,18H,3-5,12,15H2,1-2H3/b22-13-/t18-/m1/s1. The van der Waals surface area contributed by atoms with Gasteiger partial charge in [0.25, 0.3) is 11.8 Å². The van der Waals surface area contributed by atoms with Crippen molar-refractivity contribution >= 4 is 41.3 Å². The first kappa shape index (κ1) is 25.8. The number of nitrogens with zero attached hydrogens (tertiary/aromatic N) is 2. The lowest BCUT2D eigenvalue weighted by molar-refractivity contribution is -0.149. The Labute approximate surface area is 211 Å². The van der Waals surface area contributed by atoms with Gasteiger partial charge in [-0.3, -0.25) is 14.4 Å². The second-order valence-corrected chi connectivity index (χ2v) is 9.70. The van der Waals surface area contributed by atoms with Crippen LogP contribution in [0.4, 0.5) is 18.9 Å². The molecule has 4 rings (SSSR count). The van der Waals surface area contributed by atoms with Crippen molar-refractivity contribution in [2.24, 2.45) is 5.92 Å². The van der Waals surface area contributed by atoms with Gasteiger partial charge in [-0.05, 0) is 61.7 Å². The summed E-state index contributed by atoms with van der Waals surface area (Å²) >= 11 is 1.20. The Bertz CT molecular complexity index is 1210. The van der Waals surface area contributed by atoms with Crippen LogP contribution in [-0.2, 0) is 20.5 Å². The lowest BCUT2D eigenvalue weighted by Gasteiger charge is -2.32. The minimum absolute atomic E-state index is 0.219. The minimum Gasteiger partial charge on any atom is -0.466 e. The van der Waals surface area contributed by atoms with Crippen LogP contribution < -0.4 is 4.90 Å². The number of halogens is 3. The van der Waals surface area contributed by atoms with Crippen LogP contribution in [0, 0.1) is 5.92 Å². The molecule has 0 aliphatic carbocycles. The Morgan fingerprint density at radius 1 is 1.17 bits per heavy atom. The molecule has 2 aromatic rings. The molecule has 0 aromatic heterocycles. The average molecular weight is 519 g/mol. The van der Waals surface area contributed by atoms with Gasteiger partial charge < -0.3 is 14.5 Å². The fourth-order valence-corrected chi connectivity index (χ4v) is 5.34. The second kappa shape index (κ2) is 10.4. The van der Waals surface area contributed by atoms with E-state index in [0.29, 0.717) is 47.7 Å². The van der Waals surface area contributed by atoms with Crippen molar-refractivity contribution in [1.82, 2.24) is 4.90 Å². The normalized spacial score (nSPS) is 19.3. The third-order valence-corrected chi connectivity index (χ3v) is 7.24. The molecule has 1 fully saturated rings. The van der Waals surface area contributed by atoms with Crippen LogP contribution in [-0.4, -0.2) is 49.4 Å². The predicted octanol–water partition coefficient (Wildman–Crippen LogP) is 5.23. The highest BCUT2D eigenvalue weighted by Gasteiger charge is 2.32. The number of fused-ring (bicyclic) bond motifs is 1. The van der Waals surface area contributed by atoms with Crippen LogP contribution >= 0.6 is 11.8 Å². The number of likely N-dealkylation sites (tertiary alicyclic amines) is 1. The molecule has 36 heavy (non-hydrogen) atoms. The molecule has 2 heterocycles. The highest BCUT2D eigenvalue weighted by atomic mass is 32.2. The summed E-state index contributed by atoms with van der Waals surface area (Å²) in [6.45, 7) is 2.87. The molecule has 190 valence electrons. The molecule has 0 saturated carbocycles. The smallest absolute Gasteiger partial charge is 0.416 e. The SMILES string of the molecule is CCOC(=O)[C@@H]1CCCN(C(=O)c2ccc3c(c2)N(C)C(=O)/C(=C/c2ccc(C(F)(F)F)cc2)S3)C1. The zero-order valence-electron chi connectivity index (χ0n) is 19.8. The maximum atomic E-state index is 13.2. The van der Waals surface area contributed by atoms with E-state index in [4.69, 9.17) is 4.74 Å². The van der Waals surface area contributed by atoms with Gasteiger partial charge in [0.1, 0.15) is 0 Å². The first-order chi connectivity index (χ1) is 17.1. The van der Waals surface area contributed by atoms with Crippen molar-refractivity contribution in [2.75, 3.05) is 31.6 Å². The van der Waals surface area contributed by atoms with E-state index in [9.17, 15) is 27.6 Å². The molecule has 0 radical (unpaired) electrons. The van der Waals surface area contributed by atoms with Gasteiger partial charge in [-0.2, -0.15) is 13.2 Å².